The van der Waals surface area contributed by atoms with Crippen molar-refractivity contribution in [3.8, 4) is 11.4 Å². The molecular formula is C31H34F2N2OS. The fourth-order valence-corrected chi connectivity index (χ4v) is 6.46. The fraction of sp³-hybridized carbons (Fsp3) is 0.355. The van der Waals surface area contributed by atoms with E-state index in [9.17, 15) is 8.78 Å². The van der Waals surface area contributed by atoms with Crippen LogP contribution in [0.2, 0.25) is 0 Å². The largest absolute Gasteiger partial charge is 0.497 e. The number of hydrogen-bond donors (Lipinski definition) is 0. The highest BCUT2D eigenvalue weighted by Crippen LogP contribution is 2.40. The molecule has 1 fully saturated rings. The van der Waals surface area contributed by atoms with Gasteiger partial charge in [0, 0.05) is 21.7 Å². The van der Waals surface area contributed by atoms with Gasteiger partial charge < -0.3 is 14.2 Å². The van der Waals surface area contributed by atoms with Crippen LogP contribution in [0.25, 0.3) is 16.6 Å². The molecule has 5 rings (SSSR count). The van der Waals surface area contributed by atoms with Gasteiger partial charge in [0.05, 0.1) is 12.6 Å². The molecule has 0 amide bonds. The van der Waals surface area contributed by atoms with Crippen LogP contribution in [0.1, 0.15) is 43.4 Å². The molecule has 0 bridgehead atoms. The summed E-state index contributed by atoms with van der Waals surface area (Å²) in [4.78, 5) is 3.69. The average molecular weight is 521 g/mol. The molecule has 0 aliphatic carbocycles. The van der Waals surface area contributed by atoms with Gasteiger partial charge in [-0.05, 0) is 129 Å². The van der Waals surface area contributed by atoms with Crippen LogP contribution in [-0.2, 0) is 6.42 Å². The molecule has 0 atom stereocenters. The molecule has 2 heterocycles. The summed E-state index contributed by atoms with van der Waals surface area (Å²) in [7, 11) is 1.67. The van der Waals surface area contributed by atoms with Gasteiger partial charge in [-0.1, -0.05) is 6.92 Å². The maximum atomic E-state index is 14.4. The molecule has 0 saturated carbocycles. The van der Waals surface area contributed by atoms with Gasteiger partial charge in [-0.3, -0.25) is 0 Å². The third-order valence-corrected chi connectivity index (χ3v) is 8.53. The molecule has 3 aromatic carbocycles. The van der Waals surface area contributed by atoms with Gasteiger partial charge in [-0.15, -0.1) is 11.8 Å². The van der Waals surface area contributed by atoms with Crippen LogP contribution in [0, 0.1) is 11.6 Å². The molecule has 37 heavy (non-hydrogen) atoms. The lowest BCUT2D eigenvalue weighted by Crippen LogP contribution is -2.34. The lowest BCUT2D eigenvalue weighted by Gasteiger charge is -2.32. The van der Waals surface area contributed by atoms with E-state index >= 15 is 0 Å². The summed E-state index contributed by atoms with van der Waals surface area (Å²) >= 11 is 1.79. The van der Waals surface area contributed by atoms with Crippen molar-refractivity contribution in [3.63, 3.8) is 0 Å². The number of benzene rings is 3. The molecule has 1 aromatic heterocycles. The highest BCUT2D eigenvalue weighted by atomic mass is 32.2. The van der Waals surface area contributed by atoms with E-state index in [1.54, 1.807) is 31.0 Å². The Balaban J connectivity index is 1.30. The number of hydrogen-bond acceptors (Lipinski definition) is 3. The Labute approximate surface area is 222 Å². The molecule has 194 valence electrons. The van der Waals surface area contributed by atoms with Crippen molar-refractivity contribution in [1.29, 1.82) is 0 Å². The van der Waals surface area contributed by atoms with Crippen LogP contribution in [0.4, 0.5) is 8.78 Å². The first-order valence-corrected chi connectivity index (χ1v) is 14.1. The first kappa shape index (κ1) is 25.8. The second-order valence-electron chi connectivity index (χ2n) is 9.68. The molecule has 4 aromatic rings. The van der Waals surface area contributed by atoms with Crippen LogP contribution in [-0.4, -0.2) is 42.0 Å². The number of piperidine rings is 1. The van der Waals surface area contributed by atoms with Gasteiger partial charge in [0.2, 0.25) is 0 Å². The molecule has 1 aliphatic heterocycles. The Kier molecular flexibility index (Phi) is 8.16. The summed E-state index contributed by atoms with van der Waals surface area (Å²) in [6.45, 7) is 5.43. The van der Waals surface area contributed by atoms with E-state index in [1.165, 1.54) is 28.8 Å². The third kappa shape index (κ3) is 5.70. The maximum absolute atomic E-state index is 14.4. The van der Waals surface area contributed by atoms with E-state index in [1.807, 2.05) is 30.3 Å². The number of likely N-dealkylation sites (tertiary alicyclic amines) is 1. The summed E-state index contributed by atoms with van der Waals surface area (Å²) in [6.07, 6.45) is 4.22. The fourth-order valence-electron chi connectivity index (χ4n) is 5.62. The molecule has 0 radical (unpaired) electrons. The second kappa shape index (κ2) is 11.7. The molecular weight excluding hydrogens is 486 g/mol. The molecule has 3 nitrogen and oxygen atoms in total. The number of thioether (sulfide) groups is 1. The third-order valence-electron chi connectivity index (χ3n) is 7.43. The predicted molar refractivity (Wildman–Crippen MR) is 149 cm³/mol. The monoisotopic (exact) mass is 520 g/mol. The van der Waals surface area contributed by atoms with Crippen molar-refractivity contribution in [3.05, 3.63) is 89.6 Å². The van der Waals surface area contributed by atoms with Gasteiger partial charge in [-0.2, -0.15) is 0 Å². The van der Waals surface area contributed by atoms with Crippen molar-refractivity contribution in [2.24, 2.45) is 0 Å². The van der Waals surface area contributed by atoms with E-state index in [0.29, 0.717) is 5.92 Å². The zero-order valence-electron chi connectivity index (χ0n) is 21.6. The summed E-state index contributed by atoms with van der Waals surface area (Å²) in [5.41, 5.74) is 4.65. The molecule has 0 unspecified atom stereocenters. The SMILES string of the molecule is CCc1c(C2CCN(CCCSc3ccc(F)cc3)CC2)c2ccc(F)cc2n1-c1ccc(OC)cc1. The molecule has 0 spiro atoms. The highest BCUT2D eigenvalue weighted by molar-refractivity contribution is 7.99. The van der Waals surface area contributed by atoms with Crippen LogP contribution in [0.3, 0.4) is 0 Å². The zero-order valence-corrected chi connectivity index (χ0v) is 22.4. The lowest BCUT2D eigenvalue weighted by molar-refractivity contribution is 0.213. The Morgan fingerprint density at radius 1 is 0.919 bits per heavy atom. The number of nitrogens with zero attached hydrogens (tertiary/aromatic N) is 2. The summed E-state index contributed by atoms with van der Waals surface area (Å²) < 4.78 is 35.1. The number of fused-ring (bicyclic) bond motifs is 1. The van der Waals surface area contributed by atoms with Crippen molar-refractivity contribution in [1.82, 2.24) is 9.47 Å². The lowest BCUT2D eigenvalue weighted by atomic mass is 9.87. The van der Waals surface area contributed by atoms with Crippen LogP contribution in [0.15, 0.2) is 71.6 Å². The molecule has 6 heteroatoms. The van der Waals surface area contributed by atoms with Gasteiger partial charge in [0.1, 0.15) is 17.4 Å². The van der Waals surface area contributed by atoms with Crippen molar-refractivity contribution in [2.45, 2.75) is 43.4 Å². The quantitative estimate of drug-likeness (QED) is 0.165. The van der Waals surface area contributed by atoms with Gasteiger partial charge >= 0.3 is 0 Å². The van der Waals surface area contributed by atoms with Crippen molar-refractivity contribution >= 4 is 22.7 Å². The smallest absolute Gasteiger partial charge is 0.125 e. The minimum atomic E-state index is -0.206. The van der Waals surface area contributed by atoms with E-state index in [-0.39, 0.29) is 11.6 Å². The number of methoxy groups -OCH3 is 1. The Morgan fingerprint density at radius 3 is 2.30 bits per heavy atom. The predicted octanol–water partition coefficient (Wildman–Crippen LogP) is 7.84. The van der Waals surface area contributed by atoms with Crippen LogP contribution >= 0.6 is 11.8 Å². The second-order valence-corrected chi connectivity index (χ2v) is 10.8. The summed E-state index contributed by atoms with van der Waals surface area (Å²) in [5, 5.41) is 1.17. The maximum Gasteiger partial charge on any atom is 0.125 e. The summed E-state index contributed by atoms with van der Waals surface area (Å²) in [6, 6.07) is 20.0. The number of rotatable bonds is 9. The number of halogens is 2. The van der Waals surface area contributed by atoms with Crippen LogP contribution in [0.5, 0.6) is 5.75 Å². The first-order chi connectivity index (χ1) is 18.1. The van der Waals surface area contributed by atoms with Crippen LogP contribution < -0.4 is 4.74 Å². The molecule has 0 N–H and O–H groups in total. The molecule has 1 saturated heterocycles. The minimum absolute atomic E-state index is 0.185. The van der Waals surface area contributed by atoms with Crippen molar-refractivity contribution in [2.75, 3.05) is 32.5 Å². The van der Waals surface area contributed by atoms with E-state index < -0.39 is 0 Å². The van der Waals surface area contributed by atoms with Gasteiger partial charge in [-0.25, -0.2) is 8.78 Å². The van der Waals surface area contributed by atoms with E-state index in [0.717, 1.165) is 72.9 Å². The van der Waals surface area contributed by atoms with E-state index in [4.69, 9.17) is 4.74 Å². The standard InChI is InChI=1S/C31H34F2N2OS/c1-3-29-31(22-15-18-34(19-16-22)17-4-20-37-27-12-5-23(32)6-13-27)28-14-7-24(33)21-30(28)35(29)25-8-10-26(36-2)11-9-25/h5-14,21-22H,3-4,15-20H2,1-2H3. The first-order valence-electron chi connectivity index (χ1n) is 13.1. The van der Waals surface area contributed by atoms with E-state index in [2.05, 4.69) is 28.5 Å². The average Bonchev–Trinajstić information content (AvgIpc) is 3.25. The topological polar surface area (TPSA) is 17.4 Å². The van der Waals surface area contributed by atoms with Crippen molar-refractivity contribution < 1.29 is 13.5 Å². The highest BCUT2D eigenvalue weighted by Gasteiger charge is 2.27. The Morgan fingerprint density at radius 2 is 1.62 bits per heavy atom. The Hall–Kier alpha value is -2.83. The summed E-state index contributed by atoms with van der Waals surface area (Å²) in [5.74, 6) is 1.92. The minimum Gasteiger partial charge on any atom is -0.497 e. The van der Waals surface area contributed by atoms with Gasteiger partial charge in [0.25, 0.3) is 0 Å². The zero-order chi connectivity index (χ0) is 25.8. The normalized spacial score (nSPS) is 14.9. The van der Waals surface area contributed by atoms with Gasteiger partial charge in [0.15, 0.2) is 0 Å². The molecule has 1 aliphatic rings. The Bertz CT molecular complexity index is 1330. The number of aromatic nitrogens is 1. The number of ether oxygens (including phenoxy) is 1.